The molecule has 1 saturated carbocycles. The number of carbonyl (C=O) groups is 1. The molecule has 1 heterocycles. The van der Waals surface area contributed by atoms with Gasteiger partial charge in [0.2, 0.25) is 0 Å². The third-order valence-corrected chi connectivity index (χ3v) is 4.04. The van der Waals surface area contributed by atoms with E-state index in [1.165, 1.54) is 0 Å². The van der Waals surface area contributed by atoms with Gasteiger partial charge in [0.25, 0.3) is 5.91 Å². The van der Waals surface area contributed by atoms with Gasteiger partial charge in [-0.25, -0.2) is 0 Å². The van der Waals surface area contributed by atoms with E-state index in [1.807, 2.05) is 36.4 Å². The predicted octanol–water partition coefficient (Wildman–Crippen LogP) is 2.97. The number of fused-ring (bicyclic) bond motifs is 1. The lowest BCUT2D eigenvalue weighted by molar-refractivity contribution is -0.117. The lowest BCUT2D eigenvalue weighted by Gasteiger charge is -2.16. The monoisotopic (exact) mass is 294 g/mol. The maximum atomic E-state index is 12.2. The van der Waals surface area contributed by atoms with Crippen LogP contribution in [0.4, 0.5) is 0 Å². The highest BCUT2D eigenvalue weighted by atomic mass is 16.5. The van der Waals surface area contributed by atoms with Gasteiger partial charge in [0, 0.05) is 11.6 Å². The normalized spacial score (nSPS) is 18.0. The molecule has 0 unspecified atom stereocenters. The number of benzene rings is 1. The first kappa shape index (κ1) is 14.4. The Kier molecular flexibility index (Phi) is 4.24. The van der Waals surface area contributed by atoms with Crippen molar-refractivity contribution in [2.75, 3.05) is 6.61 Å². The Morgan fingerprint density at radius 3 is 2.86 bits per heavy atom. The van der Waals surface area contributed by atoms with Crippen LogP contribution in [0.15, 0.2) is 41.5 Å². The van der Waals surface area contributed by atoms with Gasteiger partial charge in [-0.05, 0) is 36.6 Å². The predicted molar refractivity (Wildman–Crippen MR) is 84.0 cm³/mol. The number of hydrogen-bond donors (Lipinski definition) is 1. The quantitative estimate of drug-likeness (QED) is 0.688. The summed E-state index contributed by atoms with van der Waals surface area (Å²) in [7, 11) is 0. The van der Waals surface area contributed by atoms with Gasteiger partial charge in [0.05, 0.1) is 0 Å². The molecule has 1 aliphatic heterocycles. The molecular formula is C18H18N2O2. The van der Waals surface area contributed by atoms with E-state index < -0.39 is 0 Å². The summed E-state index contributed by atoms with van der Waals surface area (Å²) in [6, 6.07) is 9.92. The second kappa shape index (κ2) is 6.48. The minimum atomic E-state index is -0.283. The molecule has 3 rings (SSSR count). The number of ether oxygens (including phenoxy) is 1. The van der Waals surface area contributed by atoms with Crippen molar-refractivity contribution >= 4 is 12.0 Å². The number of nitrogens with zero attached hydrogens (tertiary/aromatic N) is 1. The van der Waals surface area contributed by atoms with Crippen LogP contribution in [0.1, 0.15) is 31.2 Å². The summed E-state index contributed by atoms with van der Waals surface area (Å²) in [5.41, 5.74) is 1.94. The first-order valence-corrected chi connectivity index (χ1v) is 7.61. The van der Waals surface area contributed by atoms with E-state index in [9.17, 15) is 10.1 Å². The van der Waals surface area contributed by atoms with Gasteiger partial charge in [-0.3, -0.25) is 4.79 Å². The van der Waals surface area contributed by atoms with Crippen molar-refractivity contribution < 1.29 is 9.53 Å². The maximum absolute atomic E-state index is 12.2. The van der Waals surface area contributed by atoms with Gasteiger partial charge in [0.15, 0.2) is 0 Å². The van der Waals surface area contributed by atoms with Crippen molar-refractivity contribution in [3.63, 3.8) is 0 Å². The molecule has 4 nitrogen and oxygen atoms in total. The number of nitrogens with one attached hydrogen (secondary N) is 1. The summed E-state index contributed by atoms with van der Waals surface area (Å²) in [5.74, 6) is 0.544. The number of para-hydroxylation sites is 1. The van der Waals surface area contributed by atoms with Crippen LogP contribution in [0.25, 0.3) is 6.08 Å². The Morgan fingerprint density at radius 1 is 1.32 bits per heavy atom. The SMILES string of the molecule is N#C/C(=C/C1=Cc2ccccc2OC1)C(=O)NC1CCCC1. The average molecular weight is 294 g/mol. The van der Waals surface area contributed by atoms with Crippen LogP contribution < -0.4 is 10.1 Å². The topological polar surface area (TPSA) is 62.1 Å². The average Bonchev–Trinajstić information content (AvgIpc) is 3.05. The molecule has 1 aliphatic carbocycles. The number of hydrogen-bond acceptors (Lipinski definition) is 3. The Bertz CT molecular complexity index is 677. The van der Waals surface area contributed by atoms with Crippen LogP contribution in [-0.4, -0.2) is 18.6 Å². The molecular weight excluding hydrogens is 276 g/mol. The summed E-state index contributed by atoms with van der Waals surface area (Å²) in [6.07, 6.45) is 7.88. The second-order valence-corrected chi connectivity index (χ2v) is 5.67. The molecule has 0 bridgehead atoms. The van der Waals surface area contributed by atoms with Gasteiger partial charge in [-0.15, -0.1) is 0 Å². The largest absolute Gasteiger partial charge is 0.488 e. The molecule has 1 N–H and O–H groups in total. The summed E-state index contributed by atoms with van der Waals surface area (Å²) in [4.78, 5) is 12.2. The lowest BCUT2D eigenvalue weighted by atomic mass is 10.0. The third-order valence-electron chi connectivity index (χ3n) is 4.04. The summed E-state index contributed by atoms with van der Waals surface area (Å²) < 4.78 is 5.64. The van der Waals surface area contributed by atoms with E-state index in [0.29, 0.717) is 6.61 Å². The van der Waals surface area contributed by atoms with Crippen molar-refractivity contribution in [1.29, 1.82) is 5.26 Å². The van der Waals surface area contributed by atoms with Gasteiger partial charge in [0.1, 0.15) is 24.0 Å². The van der Waals surface area contributed by atoms with Crippen LogP contribution in [0.3, 0.4) is 0 Å². The first-order valence-electron chi connectivity index (χ1n) is 7.61. The van der Waals surface area contributed by atoms with Crippen molar-refractivity contribution in [2.24, 2.45) is 0 Å². The highest BCUT2D eigenvalue weighted by molar-refractivity contribution is 5.98. The van der Waals surface area contributed by atoms with E-state index >= 15 is 0 Å². The molecule has 0 saturated heterocycles. The molecule has 4 heteroatoms. The fraction of sp³-hybridized carbons (Fsp3) is 0.333. The Morgan fingerprint density at radius 2 is 2.09 bits per heavy atom. The number of rotatable bonds is 3. The van der Waals surface area contributed by atoms with Crippen molar-refractivity contribution in [2.45, 2.75) is 31.7 Å². The van der Waals surface area contributed by atoms with E-state index in [2.05, 4.69) is 5.32 Å². The Labute approximate surface area is 130 Å². The maximum Gasteiger partial charge on any atom is 0.262 e. The minimum absolute atomic E-state index is 0.140. The highest BCUT2D eigenvalue weighted by Crippen LogP contribution is 2.26. The summed E-state index contributed by atoms with van der Waals surface area (Å²) in [6.45, 7) is 0.374. The smallest absolute Gasteiger partial charge is 0.262 e. The second-order valence-electron chi connectivity index (χ2n) is 5.67. The Hall–Kier alpha value is -2.54. The van der Waals surface area contributed by atoms with Crippen LogP contribution in [0.2, 0.25) is 0 Å². The molecule has 1 fully saturated rings. The van der Waals surface area contributed by atoms with Crippen LogP contribution in [0.5, 0.6) is 5.75 Å². The summed E-state index contributed by atoms with van der Waals surface area (Å²) in [5, 5.41) is 12.2. The first-order chi connectivity index (χ1) is 10.8. The van der Waals surface area contributed by atoms with Crippen LogP contribution in [0, 0.1) is 11.3 Å². The molecule has 0 spiro atoms. The van der Waals surface area contributed by atoms with E-state index in [-0.39, 0.29) is 17.5 Å². The molecule has 0 aromatic heterocycles. The zero-order chi connectivity index (χ0) is 15.4. The van der Waals surface area contributed by atoms with E-state index in [0.717, 1.165) is 42.6 Å². The molecule has 0 atom stereocenters. The van der Waals surface area contributed by atoms with Crippen molar-refractivity contribution in [1.82, 2.24) is 5.32 Å². The molecule has 22 heavy (non-hydrogen) atoms. The molecule has 1 aromatic carbocycles. The van der Waals surface area contributed by atoms with Gasteiger partial charge in [-0.1, -0.05) is 31.0 Å². The van der Waals surface area contributed by atoms with Crippen molar-refractivity contribution in [3.05, 3.63) is 47.1 Å². The summed E-state index contributed by atoms with van der Waals surface area (Å²) >= 11 is 0. The zero-order valence-corrected chi connectivity index (χ0v) is 12.3. The number of nitriles is 1. The molecule has 2 aliphatic rings. The van der Waals surface area contributed by atoms with E-state index in [4.69, 9.17) is 4.74 Å². The fourth-order valence-corrected chi connectivity index (χ4v) is 2.88. The Balaban J connectivity index is 1.76. The molecule has 0 radical (unpaired) electrons. The van der Waals surface area contributed by atoms with Gasteiger partial charge < -0.3 is 10.1 Å². The molecule has 1 amide bonds. The minimum Gasteiger partial charge on any atom is -0.488 e. The highest BCUT2D eigenvalue weighted by Gasteiger charge is 2.20. The van der Waals surface area contributed by atoms with Gasteiger partial charge in [-0.2, -0.15) is 5.26 Å². The standard InChI is InChI=1S/C18H18N2O2/c19-11-15(18(21)20-16-6-2-3-7-16)10-13-9-14-5-1-4-8-17(14)22-12-13/h1,4-5,8-10,16H,2-3,6-7,12H2,(H,20,21)/b15-10-. The third kappa shape index (κ3) is 3.20. The van der Waals surface area contributed by atoms with Crippen LogP contribution in [-0.2, 0) is 4.79 Å². The van der Waals surface area contributed by atoms with E-state index in [1.54, 1.807) is 6.08 Å². The van der Waals surface area contributed by atoms with Gasteiger partial charge >= 0.3 is 0 Å². The number of amides is 1. The number of carbonyl (C=O) groups excluding carboxylic acids is 1. The zero-order valence-electron chi connectivity index (χ0n) is 12.3. The fourth-order valence-electron chi connectivity index (χ4n) is 2.88. The lowest BCUT2D eigenvalue weighted by Crippen LogP contribution is -2.33. The van der Waals surface area contributed by atoms with Crippen molar-refractivity contribution in [3.8, 4) is 11.8 Å². The molecule has 1 aromatic rings. The van der Waals surface area contributed by atoms with Crippen LogP contribution >= 0.6 is 0 Å². The molecule has 112 valence electrons.